The number of benzene rings is 1. The first kappa shape index (κ1) is 12.0. The third-order valence-corrected chi connectivity index (χ3v) is 2.81. The molecule has 0 unspecified atom stereocenters. The topological polar surface area (TPSA) is 108 Å². The van der Waals surface area contributed by atoms with Crippen molar-refractivity contribution in [2.24, 2.45) is 0 Å². The minimum atomic E-state index is -1.06. The predicted molar refractivity (Wildman–Crippen MR) is 68.7 cm³/mol. The number of carboxylic acids is 1. The van der Waals surface area contributed by atoms with Crippen molar-refractivity contribution < 1.29 is 20.1 Å². The van der Waals surface area contributed by atoms with Crippen LogP contribution in [0.5, 0.6) is 11.5 Å². The van der Waals surface area contributed by atoms with Gasteiger partial charge < -0.3 is 15.3 Å². The smallest absolute Gasteiger partial charge is 0.337 e. The van der Waals surface area contributed by atoms with Crippen LogP contribution in [0.3, 0.4) is 0 Å². The molecule has 2 aromatic heterocycles. The molecule has 0 atom stereocenters. The minimum Gasteiger partial charge on any atom is -0.508 e. The first-order chi connectivity index (χ1) is 9.54. The third kappa shape index (κ3) is 1.91. The lowest BCUT2D eigenvalue weighted by atomic mass is 10.2. The van der Waals surface area contributed by atoms with E-state index in [4.69, 9.17) is 5.11 Å². The van der Waals surface area contributed by atoms with E-state index >= 15 is 0 Å². The predicted octanol–water partition coefficient (Wildman–Crippen LogP) is 1.51. The van der Waals surface area contributed by atoms with E-state index in [1.54, 1.807) is 0 Å². The van der Waals surface area contributed by atoms with Gasteiger partial charge in [-0.1, -0.05) is 0 Å². The highest BCUT2D eigenvalue weighted by Gasteiger charge is 2.12. The van der Waals surface area contributed by atoms with Crippen LogP contribution in [0.15, 0.2) is 36.5 Å². The lowest BCUT2D eigenvalue weighted by Gasteiger charge is -2.03. The Morgan fingerprint density at radius 1 is 1.05 bits per heavy atom. The lowest BCUT2D eigenvalue weighted by Crippen LogP contribution is -1.99. The summed E-state index contributed by atoms with van der Waals surface area (Å²) in [6.45, 7) is 0. The fourth-order valence-electron chi connectivity index (χ4n) is 1.94. The van der Waals surface area contributed by atoms with Gasteiger partial charge in [0.25, 0.3) is 0 Å². The Bertz CT molecular complexity index is 805. The van der Waals surface area contributed by atoms with Gasteiger partial charge >= 0.3 is 5.97 Å². The van der Waals surface area contributed by atoms with Gasteiger partial charge in [0.1, 0.15) is 11.5 Å². The molecule has 3 N–H and O–H groups in total. The van der Waals surface area contributed by atoms with Crippen molar-refractivity contribution in [1.82, 2.24) is 14.6 Å². The zero-order chi connectivity index (χ0) is 14.3. The number of carbonyl (C=O) groups is 1. The molecule has 0 fully saturated rings. The third-order valence-electron chi connectivity index (χ3n) is 2.81. The minimum absolute atomic E-state index is 0.0860. The SMILES string of the molecule is O=C(O)c1ccc2nnc(-c3cc(O)cc(O)c3)n2c1. The van der Waals surface area contributed by atoms with Crippen LogP contribution in [-0.4, -0.2) is 35.9 Å². The molecule has 100 valence electrons. The second-order valence-electron chi connectivity index (χ2n) is 4.21. The quantitative estimate of drug-likeness (QED) is 0.652. The van der Waals surface area contributed by atoms with E-state index in [1.165, 1.54) is 40.9 Å². The standard InChI is InChI=1S/C13H9N3O4/c17-9-3-8(4-10(18)5-9)12-15-14-11-2-1-7(13(19)20)6-16(11)12/h1-6,17-18H,(H,19,20). The number of rotatable bonds is 2. The highest BCUT2D eigenvalue weighted by molar-refractivity contribution is 5.87. The summed E-state index contributed by atoms with van der Waals surface area (Å²) in [6.07, 6.45) is 1.38. The van der Waals surface area contributed by atoms with Crippen LogP contribution in [0.2, 0.25) is 0 Å². The summed E-state index contributed by atoms with van der Waals surface area (Å²) in [6, 6.07) is 6.96. The number of nitrogens with zero attached hydrogens (tertiary/aromatic N) is 3. The maximum atomic E-state index is 11.0. The molecule has 0 spiro atoms. The molecule has 0 radical (unpaired) electrons. The second kappa shape index (κ2) is 4.23. The normalized spacial score (nSPS) is 10.8. The van der Waals surface area contributed by atoms with Crippen molar-refractivity contribution in [2.75, 3.05) is 0 Å². The maximum Gasteiger partial charge on any atom is 0.337 e. The van der Waals surface area contributed by atoms with Crippen molar-refractivity contribution in [2.45, 2.75) is 0 Å². The number of phenolic OH excluding ortho intramolecular Hbond substituents is 2. The lowest BCUT2D eigenvalue weighted by molar-refractivity contribution is 0.0696. The number of phenols is 2. The summed E-state index contributed by atoms with van der Waals surface area (Å²) in [5.74, 6) is -0.975. The van der Waals surface area contributed by atoms with Crippen molar-refractivity contribution >= 4 is 11.6 Å². The second-order valence-corrected chi connectivity index (χ2v) is 4.21. The van der Waals surface area contributed by atoms with Crippen LogP contribution < -0.4 is 0 Å². The molecule has 20 heavy (non-hydrogen) atoms. The number of hydrogen-bond donors (Lipinski definition) is 3. The van der Waals surface area contributed by atoms with E-state index in [0.717, 1.165) is 0 Å². The summed E-state index contributed by atoms with van der Waals surface area (Å²) in [5, 5.41) is 35.8. The average molecular weight is 271 g/mol. The molecule has 7 heteroatoms. The number of carboxylic acid groups (broad SMARTS) is 1. The molecule has 0 aliphatic heterocycles. The van der Waals surface area contributed by atoms with Gasteiger partial charge in [0.15, 0.2) is 11.5 Å². The van der Waals surface area contributed by atoms with E-state index < -0.39 is 5.97 Å². The van der Waals surface area contributed by atoms with Gasteiger partial charge in [-0.15, -0.1) is 10.2 Å². The monoisotopic (exact) mass is 271 g/mol. The van der Waals surface area contributed by atoms with Crippen LogP contribution in [0.4, 0.5) is 0 Å². The van der Waals surface area contributed by atoms with Crippen molar-refractivity contribution in [3.05, 3.63) is 42.1 Å². The summed E-state index contributed by atoms with van der Waals surface area (Å²) < 4.78 is 1.48. The van der Waals surface area contributed by atoms with Gasteiger partial charge in [0.2, 0.25) is 0 Å². The van der Waals surface area contributed by atoms with E-state index in [2.05, 4.69) is 10.2 Å². The van der Waals surface area contributed by atoms with Crippen molar-refractivity contribution in [1.29, 1.82) is 0 Å². The van der Waals surface area contributed by atoms with Gasteiger partial charge in [0.05, 0.1) is 5.56 Å². The van der Waals surface area contributed by atoms with E-state index in [9.17, 15) is 15.0 Å². The van der Waals surface area contributed by atoms with Crippen LogP contribution in [0.25, 0.3) is 17.0 Å². The highest BCUT2D eigenvalue weighted by atomic mass is 16.4. The number of aromatic hydroxyl groups is 2. The summed E-state index contributed by atoms with van der Waals surface area (Å²) in [7, 11) is 0. The van der Waals surface area contributed by atoms with Gasteiger partial charge in [-0.25, -0.2) is 4.79 Å². The zero-order valence-corrected chi connectivity index (χ0v) is 10.1. The Morgan fingerprint density at radius 3 is 2.40 bits per heavy atom. The molecule has 3 rings (SSSR count). The molecule has 7 nitrogen and oxygen atoms in total. The first-order valence-corrected chi connectivity index (χ1v) is 5.66. The fourth-order valence-corrected chi connectivity index (χ4v) is 1.94. The molecule has 0 saturated heterocycles. The molecule has 0 aliphatic carbocycles. The molecular weight excluding hydrogens is 262 g/mol. The Hall–Kier alpha value is -3.09. The molecule has 0 amide bonds. The number of fused-ring (bicyclic) bond motifs is 1. The van der Waals surface area contributed by atoms with Crippen LogP contribution >= 0.6 is 0 Å². The van der Waals surface area contributed by atoms with Gasteiger partial charge in [0, 0.05) is 17.8 Å². The Kier molecular flexibility index (Phi) is 2.53. The molecule has 0 bridgehead atoms. The van der Waals surface area contributed by atoms with E-state index in [-0.39, 0.29) is 17.1 Å². The van der Waals surface area contributed by atoms with Crippen molar-refractivity contribution in [3.8, 4) is 22.9 Å². The molecule has 0 saturated carbocycles. The van der Waals surface area contributed by atoms with E-state index in [1.807, 2.05) is 0 Å². The zero-order valence-electron chi connectivity index (χ0n) is 10.1. The summed E-state index contributed by atoms with van der Waals surface area (Å²) in [4.78, 5) is 11.0. The Balaban J connectivity index is 2.25. The average Bonchev–Trinajstić information content (AvgIpc) is 2.80. The molecule has 1 aromatic carbocycles. The van der Waals surface area contributed by atoms with Crippen LogP contribution in [-0.2, 0) is 0 Å². The molecule has 2 heterocycles. The number of pyridine rings is 1. The van der Waals surface area contributed by atoms with Gasteiger partial charge in [-0.3, -0.25) is 4.40 Å². The highest BCUT2D eigenvalue weighted by Crippen LogP contribution is 2.27. The largest absolute Gasteiger partial charge is 0.508 e. The summed E-state index contributed by atoms with van der Waals surface area (Å²) in [5.41, 5.74) is 0.980. The Labute approximate surface area is 112 Å². The van der Waals surface area contributed by atoms with Gasteiger partial charge in [-0.05, 0) is 24.3 Å². The number of aromatic carboxylic acids is 1. The first-order valence-electron chi connectivity index (χ1n) is 5.66. The number of aromatic nitrogens is 3. The molecular formula is C13H9N3O4. The van der Waals surface area contributed by atoms with Crippen molar-refractivity contribution in [3.63, 3.8) is 0 Å². The van der Waals surface area contributed by atoms with Crippen LogP contribution in [0, 0.1) is 0 Å². The molecule has 0 aliphatic rings. The van der Waals surface area contributed by atoms with Crippen LogP contribution in [0.1, 0.15) is 10.4 Å². The van der Waals surface area contributed by atoms with E-state index in [0.29, 0.717) is 17.0 Å². The van der Waals surface area contributed by atoms with Gasteiger partial charge in [-0.2, -0.15) is 0 Å². The Morgan fingerprint density at radius 2 is 1.75 bits per heavy atom. The number of hydrogen-bond acceptors (Lipinski definition) is 5. The molecule has 3 aromatic rings. The summed E-state index contributed by atoms with van der Waals surface area (Å²) >= 11 is 0. The maximum absolute atomic E-state index is 11.0. The fraction of sp³-hybridized carbons (Fsp3) is 0.